The summed E-state index contributed by atoms with van der Waals surface area (Å²) in [4.78, 5) is 4.14. The molecule has 0 radical (unpaired) electrons. The fraction of sp³-hybridized carbons (Fsp3) is 0.538. The van der Waals surface area contributed by atoms with Gasteiger partial charge >= 0.3 is 0 Å². The molecule has 3 nitrogen and oxygen atoms in total. The summed E-state index contributed by atoms with van der Waals surface area (Å²) in [5.74, 6) is -0.228. The first-order valence-electron chi connectivity index (χ1n) is 5.83. The molecule has 2 N–H and O–H groups in total. The molecule has 0 saturated heterocycles. The maximum absolute atomic E-state index is 13.7. The molecule has 0 unspecified atom stereocenters. The van der Waals surface area contributed by atoms with Gasteiger partial charge in [0.05, 0.1) is 0 Å². The van der Waals surface area contributed by atoms with Crippen molar-refractivity contribution in [3.8, 4) is 0 Å². The normalized spacial score (nSPS) is 12.9. The summed E-state index contributed by atoms with van der Waals surface area (Å²) in [5, 5.41) is 0. The molecule has 1 aromatic rings. The van der Waals surface area contributed by atoms with Gasteiger partial charge in [0, 0.05) is 37.4 Å². The molecular formula is C13H22FN3. The summed E-state index contributed by atoms with van der Waals surface area (Å²) < 4.78 is 13.7. The fourth-order valence-corrected chi connectivity index (χ4v) is 1.78. The van der Waals surface area contributed by atoms with E-state index < -0.39 is 0 Å². The van der Waals surface area contributed by atoms with Gasteiger partial charge in [-0.1, -0.05) is 6.07 Å². The van der Waals surface area contributed by atoms with Crippen molar-refractivity contribution in [1.29, 1.82) is 0 Å². The van der Waals surface area contributed by atoms with E-state index in [-0.39, 0.29) is 11.9 Å². The maximum Gasteiger partial charge on any atom is 0.130 e. The van der Waals surface area contributed by atoms with Gasteiger partial charge in [0.25, 0.3) is 0 Å². The Kier molecular flexibility index (Phi) is 4.90. The molecule has 0 bridgehead atoms. The Balaban J connectivity index is 2.92. The highest BCUT2D eigenvalue weighted by atomic mass is 19.1. The van der Waals surface area contributed by atoms with E-state index in [4.69, 9.17) is 5.73 Å². The van der Waals surface area contributed by atoms with Crippen molar-refractivity contribution < 1.29 is 4.39 Å². The van der Waals surface area contributed by atoms with Gasteiger partial charge in [0.15, 0.2) is 0 Å². The molecule has 1 atom stereocenters. The molecule has 96 valence electrons. The highest BCUT2D eigenvalue weighted by molar-refractivity contribution is 5.54. The molecular weight excluding hydrogens is 217 g/mol. The van der Waals surface area contributed by atoms with Crippen molar-refractivity contribution in [3.05, 3.63) is 29.6 Å². The summed E-state index contributed by atoms with van der Waals surface area (Å²) in [6, 6.07) is 4.80. The van der Waals surface area contributed by atoms with E-state index in [2.05, 4.69) is 4.90 Å². The third-order valence-electron chi connectivity index (χ3n) is 2.78. The number of nitrogens with two attached hydrogens (primary N) is 1. The standard InChI is InChI=1S/C13H22FN3/c1-10(15)13-11(14)6-5-7-12(13)17(4)9-8-16(2)3/h5-7,10H,8-9,15H2,1-4H3/t10-/m1/s1. The van der Waals surface area contributed by atoms with E-state index in [1.165, 1.54) is 6.07 Å². The van der Waals surface area contributed by atoms with Crippen LogP contribution >= 0.6 is 0 Å². The molecule has 0 aliphatic heterocycles. The molecule has 0 spiro atoms. The van der Waals surface area contributed by atoms with Gasteiger partial charge in [-0.05, 0) is 33.2 Å². The average Bonchev–Trinajstić information content (AvgIpc) is 2.24. The van der Waals surface area contributed by atoms with E-state index >= 15 is 0 Å². The Morgan fingerprint density at radius 3 is 2.41 bits per heavy atom. The lowest BCUT2D eigenvalue weighted by molar-refractivity contribution is 0.416. The Morgan fingerprint density at radius 2 is 1.88 bits per heavy atom. The highest BCUT2D eigenvalue weighted by Gasteiger charge is 2.15. The number of rotatable bonds is 5. The highest BCUT2D eigenvalue weighted by Crippen LogP contribution is 2.26. The van der Waals surface area contributed by atoms with Gasteiger partial charge in [-0.25, -0.2) is 4.39 Å². The average molecular weight is 239 g/mol. The Morgan fingerprint density at radius 1 is 1.24 bits per heavy atom. The topological polar surface area (TPSA) is 32.5 Å². The second-order valence-corrected chi connectivity index (χ2v) is 4.69. The Hall–Kier alpha value is -1.13. The van der Waals surface area contributed by atoms with Crippen molar-refractivity contribution >= 4 is 5.69 Å². The van der Waals surface area contributed by atoms with E-state index in [1.807, 2.05) is 39.0 Å². The second-order valence-electron chi connectivity index (χ2n) is 4.69. The summed E-state index contributed by atoms with van der Waals surface area (Å²) in [6.45, 7) is 3.57. The first kappa shape index (κ1) is 13.9. The smallest absolute Gasteiger partial charge is 0.130 e. The van der Waals surface area contributed by atoms with Crippen LogP contribution < -0.4 is 10.6 Å². The van der Waals surface area contributed by atoms with E-state index in [9.17, 15) is 4.39 Å². The van der Waals surface area contributed by atoms with E-state index in [1.54, 1.807) is 6.07 Å². The van der Waals surface area contributed by atoms with Gasteiger partial charge in [-0.2, -0.15) is 0 Å². The second kappa shape index (κ2) is 5.98. The zero-order valence-corrected chi connectivity index (χ0v) is 11.1. The van der Waals surface area contributed by atoms with Crippen LogP contribution in [0.3, 0.4) is 0 Å². The van der Waals surface area contributed by atoms with Crippen LogP contribution in [0.25, 0.3) is 0 Å². The molecule has 0 heterocycles. The minimum atomic E-state index is -0.298. The van der Waals surface area contributed by atoms with E-state index in [0.717, 1.165) is 18.8 Å². The molecule has 0 amide bonds. The molecule has 0 fully saturated rings. The molecule has 0 aliphatic rings. The van der Waals surface area contributed by atoms with Gasteiger partial charge < -0.3 is 15.5 Å². The zero-order valence-electron chi connectivity index (χ0n) is 11.1. The minimum Gasteiger partial charge on any atom is -0.373 e. The zero-order chi connectivity index (χ0) is 13.0. The minimum absolute atomic E-state index is 0.228. The van der Waals surface area contributed by atoms with Crippen LogP contribution in [0, 0.1) is 5.82 Å². The number of nitrogens with zero attached hydrogens (tertiary/aromatic N) is 2. The van der Waals surface area contributed by atoms with Gasteiger partial charge in [-0.15, -0.1) is 0 Å². The number of halogens is 1. The number of benzene rings is 1. The molecule has 4 heteroatoms. The third kappa shape index (κ3) is 3.68. The van der Waals surface area contributed by atoms with Crippen molar-refractivity contribution in [1.82, 2.24) is 4.90 Å². The van der Waals surface area contributed by atoms with Gasteiger partial charge in [-0.3, -0.25) is 0 Å². The lowest BCUT2D eigenvalue weighted by Gasteiger charge is -2.25. The number of hydrogen-bond acceptors (Lipinski definition) is 3. The van der Waals surface area contributed by atoms with Crippen LogP contribution in [0.4, 0.5) is 10.1 Å². The Bertz CT molecular complexity index is 364. The maximum atomic E-state index is 13.7. The van der Waals surface area contributed by atoms with Crippen LogP contribution in [0.5, 0.6) is 0 Å². The number of likely N-dealkylation sites (N-methyl/N-ethyl adjacent to an activating group) is 2. The van der Waals surface area contributed by atoms with Crippen molar-refractivity contribution in [2.24, 2.45) is 5.73 Å². The first-order chi connectivity index (χ1) is 7.93. The quantitative estimate of drug-likeness (QED) is 0.851. The predicted octanol–water partition coefficient (Wildman–Crippen LogP) is 1.84. The summed E-state index contributed by atoms with van der Waals surface area (Å²) in [5.41, 5.74) is 7.30. The van der Waals surface area contributed by atoms with Crippen molar-refractivity contribution in [2.75, 3.05) is 39.1 Å². The predicted molar refractivity (Wildman–Crippen MR) is 70.8 cm³/mol. The lowest BCUT2D eigenvalue weighted by Crippen LogP contribution is -2.30. The fourth-order valence-electron chi connectivity index (χ4n) is 1.78. The molecule has 0 aliphatic carbocycles. The molecule has 1 rings (SSSR count). The van der Waals surface area contributed by atoms with Crippen LogP contribution in [0.15, 0.2) is 18.2 Å². The SMILES string of the molecule is C[C@@H](N)c1c(F)cccc1N(C)CCN(C)C. The van der Waals surface area contributed by atoms with Crippen LogP contribution in [-0.2, 0) is 0 Å². The Labute approximate surface area is 103 Å². The van der Waals surface area contributed by atoms with Gasteiger partial charge in [0.2, 0.25) is 0 Å². The number of hydrogen-bond donors (Lipinski definition) is 1. The van der Waals surface area contributed by atoms with Crippen molar-refractivity contribution in [2.45, 2.75) is 13.0 Å². The summed E-state index contributed by atoms with van der Waals surface area (Å²) in [6.07, 6.45) is 0. The van der Waals surface area contributed by atoms with Gasteiger partial charge in [0.1, 0.15) is 5.82 Å². The van der Waals surface area contributed by atoms with Crippen LogP contribution in [0.1, 0.15) is 18.5 Å². The third-order valence-corrected chi connectivity index (χ3v) is 2.78. The van der Waals surface area contributed by atoms with Crippen LogP contribution in [0.2, 0.25) is 0 Å². The first-order valence-corrected chi connectivity index (χ1v) is 5.83. The molecule has 1 aromatic carbocycles. The molecule has 0 saturated carbocycles. The summed E-state index contributed by atoms with van der Waals surface area (Å²) >= 11 is 0. The van der Waals surface area contributed by atoms with Crippen LogP contribution in [-0.4, -0.2) is 39.1 Å². The molecule has 0 aromatic heterocycles. The summed E-state index contributed by atoms with van der Waals surface area (Å²) in [7, 11) is 6.00. The number of anilines is 1. The van der Waals surface area contributed by atoms with E-state index in [0.29, 0.717) is 5.56 Å². The molecule has 17 heavy (non-hydrogen) atoms. The lowest BCUT2D eigenvalue weighted by atomic mass is 10.1. The largest absolute Gasteiger partial charge is 0.373 e. The van der Waals surface area contributed by atoms with Crippen molar-refractivity contribution in [3.63, 3.8) is 0 Å². The monoisotopic (exact) mass is 239 g/mol.